The van der Waals surface area contributed by atoms with E-state index in [2.05, 4.69) is 15.3 Å². The molecule has 1 heterocycles. The predicted octanol–water partition coefficient (Wildman–Crippen LogP) is 1.15. The van der Waals surface area contributed by atoms with Crippen LogP contribution in [0.3, 0.4) is 0 Å². The van der Waals surface area contributed by atoms with Crippen LogP contribution < -0.4 is 10.1 Å². The van der Waals surface area contributed by atoms with E-state index in [9.17, 15) is 4.79 Å². The second-order valence-electron chi connectivity index (χ2n) is 3.82. The Morgan fingerprint density at radius 1 is 1.44 bits per heavy atom. The number of ether oxygens (including phenoxy) is 1. The van der Waals surface area contributed by atoms with Gasteiger partial charge in [-0.05, 0) is 20.8 Å². The SMILES string of the molecule is CCN(CC)C(=O)C(C)Nc1cc(OC)ncn1. The van der Waals surface area contributed by atoms with Gasteiger partial charge in [0.1, 0.15) is 18.2 Å². The fraction of sp³-hybridized carbons (Fsp3) is 0.583. The van der Waals surface area contributed by atoms with Gasteiger partial charge in [0.2, 0.25) is 11.8 Å². The molecule has 100 valence electrons. The largest absolute Gasteiger partial charge is 0.481 e. The van der Waals surface area contributed by atoms with E-state index >= 15 is 0 Å². The highest BCUT2D eigenvalue weighted by atomic mass is 16.5. The molecule has 0 aliphatic carbocycles. The lowest BCUT2D eigenvalue weighted by molar-refractivity contribution is -0.131. The molecule has 1 rings (SSSR count). The van der Waals surface area contributed by atoms with Crippen molar-refractivity contribution in [1.82, 2.24) is 14.9 Å². The molecule has 1 aromatic rings. The van der Waals surface area contributed by atoms with Crippen molar-refractivity contribution in [2.75, 3.05) is 25.5 Å². The van der Waals surface area contributed by atoms with Crippen LogP contribution in [-0.2, 0) is 4.79 Å². The number of nitrogens with one attached hydrogen (secondary N) is 1. The molecule has 0 radical (unpaired) electrons. The molecule has 0 bridgehead atoms. The Morgan fingerprint density at radius 3 is 2.67 bits per heavy atom. The van der Waals surface area contributed by atoms with Crippen LogP contribution in [0.2, 0.25) is 0 Å². The molecule has 0 saturated carbocycles. The predicted molar refractivity (Wildman–Crippen MR) is 69.6 cm³/mol. The standard InChI is InChI=1S/C12H20N4O2/c1-5-16(6-2)12(17)9(3)15-10-7-11(18-4)14-8-13-10/h7-9H,5-6H2,1-4H3,(H,13,14,15). The highest BCUT2D eigenvalue weighted by Crippen LogP contribution is 2.11. The Hall–Kier alpha value is -1.85. The molecule has 6 nitrogen and oxygen atoms in total. The minimum absolute atomic E-state index is 0.0533. The number of carbonyl (C=O) groups excluding carboxylic acids is 1. The van der Waals surface area contributed by atoms with Gasteiger partial charge in [0.15, 0.2) is 0 Å². The summed E-state index contributed by atoms with van der Waals surface area (Å²) in [7, 11) is 1.54. The van der Waals surface area contributed by atoms with E-state index < -0.39 is 0 Å². The lowest BCUT2D eigenvalue weighted by Crippen LogP contribution is -2.41. The number of likely N-dealkylation sites (N-methyl/N-ethyl adjacent to an activating group) is 1. The van der Waals surface area contributed by atoms with E-state index in [-0.39, 0.29) is 11.9 Å². The van der Waals surface area contributed by atoms with Gasteiger partial charge in [-0.2, -0.15) is 0 Å². The van der Waals surface area contributed by atoms with E-state index in [1.807, 2.05) is 20.8 Å². The molecule has 1 N–H and O–H groups in total. The minimum Gasteiger partial charge on any atom is -0.481 e. The van der Waals surface area contributed by atoms with Crippen LogP contribution in [0.15, 0.2) is 12.4 Å². The average Bonchev–Trinajstić information content (AvgIpc) is 2.40. The minimum atomic E-state index is -0.329. The quantitative estimate of drug-likeness (QED) is 0.822. The van der Waals surface area contributed by atoms with Crippen molar-refractivity contribution in [1.29, 1.82) is 0 Å². The normalized spacial score (nSPS) is 11.8. The van der Waals surface area contributed by atoms with Gasteiger partial charge in [-0.15, -0.1) is 0 Å². The number of amides is 1. The highest BCUT2D eigenvalue weighted by Gasteiger charge is 2.18. The van der Waals surface area contributed by atoms with Gasteiger partial charge in [-0.25, -0.2) is 9.97 Å². The van der Waals surface area contributed by atoms with Gasteiger partial charge in [0.25, 0.3) is 0 Å². The van der Waals surface area contributed by atoms with Gasteiger partial charge >= 0.3 is 0 Å². The third-order valence-electron chi connectivity index (χ3n) is 2.66. The van der Waals surface area contributed by atoms with Gasteiger partial charge in [0.05, 0.1) is 7.11 Å². The molecule has 1 atom stereocenters. The van der Waals surface area contributed by atoms with Crippen LogP contribution in [0.25, 0.3) is 0 Å². The van der Waals surface area contributed by atoms with E-state index in [0.717, 1.165) is 0 Å². The fourth-order valence-electron chi connectivity index (χ4n) is 1.62. The van der Waals surface area contributed by atoms with Gasteiger partial charge < -0.3 is 15.0 Å². The number of hydrogen-bond donors (Lipinski definition) is 1. The number of methoxy groups -OCH3 is 1. The van der Waals surface area contributed by atoms with Crippen LogP contribution in [-0.4, -0.2) is 47.0 Å². The topological polar surface area (TPSA) is 67.4 Å². The Balaban J connectivity index is 2.68. The Labute approximate surface area is 107 Å². The van der Waals surface area contributed by atoms with E-state index in [1.54, 1.807) is 11.0 Å². The second kappa shape index (κ2) is 6.78. The summed E-state index contributed by atoms with van der Waals surface area (Å²) >= 11 is 0. The van der Waals surface area contributed by atoms with E-state index in [0.29, 0.717) is 24.8 Å². The van der Waals surface area contributed by atoms with Crippen LogP contribution in [0.1, 0.15) is 20.8 Å². The maximum absolute atomic E-state index is 12.1. The van der Waals surface area contributed by atoms with Crippen LogP contribution in [0, 0.1) is 0 Å². The summed E-state index contributed by atoms with van der Waals surface area (Å²) in [4.78, 5) is 21.8. The molecule has 6 heteroatoms. The average molecular weight is 252 g/mol. The number of aromatic nitrogens is 2. The maximum atomic E-state index is 12.1. The van der Waals surface area contributed by atoms with E-state index in [1.165, 1.54) is 13.4 Å². The first kappa shape index (κ1) is 14.2. The Kier molecular flexibility index (Phi) is 5.35. The van der Waals surface area contributed by atoms with Crippen molar-refractivity contribution in [3.8, 4) is 5.88 Å². The number of rotatable bonds is 6. The molecule has 0 aliphatic heterocycles. The summed E-state index contributed by atoms with van der Waals surface area (Å²) in [5, 5.41) is 3.04. The molecule has 1 unspecified atom stereocenters. The zero-order valence-electron chi connectivity index (χ0n) is 11.3. The van der Waals surface area contributed by atoms with E-state index in [4.69, 9.17) is 4.74 Å². The van der Waals surface area contributed by atoms with Gasteiger partial charge in [0, 0.05) is 19.2 Å². The van der Waals surface area contributed by atoms with Crippen molar-refractivity contribution in [3.05, 3.63) is 12.4 Å². The third-order valence-corrected chi connectivity index (χ3v) is 2.66. The summed E-state index contributed by atoms with van der Waals surface area (Å²) in [6.45, 7) is 7.14. The number of anilines is 1. The first-order valence-corrected chi connectivity index (χ1v) is 6.03. The van der Waals surface area contributed by atoms with Crippen LogP contribution in [0.4, 0.5) is 5.82 Å². The lowest BCUT2D eigenvalue weighted by atomic mass is 10.2. The van der Waals surface area contributed by atoms with Gasteiger partial charge in [-0.1, -0.05) is 0 Å². The Bertz CT molecular complexity index is 393. The molecular weight excluding hydrogens is 232 g/mol. The second-order valence-corrected chi connectivity index (χ2v) is 3.82. The zero-order valence-corrected chi connectivity index (χ0v) is 11.3. The third kappa shape index (κ3) is 3.58. The summed E-state index contributed by atoms with van der Waals surface area (Å²) in [6.07, 6.45) is 1.40. The summed E-state index contributed by atoms with van der Waals surface area (Å²) < 4.78 is 5.00. The lowest BCUT2D eigenvalue weighted by Gasteiger charge is -2.23. The molecule has 0 saturated heterocycles. The summed E-state index contributed by atoms with van der Waals surface area (Å²) in [5.74, 6) is 1.10. The Morgan fingerprint density at radius 2 is 2.11 bits per heavy atom. The molecule has 1 aromatic heterocycles. The smallest absolute Gasteiger partial charge is 0.244 e. The molecule has 1 amide bonds. The molecular formula is C12H20N4O2. The monoisotopic (exact) mass is 252 g/mol. The summed E-state index contributed by atoms with van der Waals surface area (Å²) in [6, 6.07) is 1.33. The molecule has 0 aliphatic rings. The molecule has 0 spiro atoms. The van der Waals surface area contributed by atoms with Crippen molar-refractivity contribution in [2.24, 2.45) is 0 Å². The molecule has 18 heavy (non-hydrogen) atoms. The van der Waals surface area contributed by atoms with Crippen molar-refractivity contribution in [2.45, 2.75) is 26.8 Å². The maximum Gasteiger partial charge on any atom is 0.244 e. The van der Waals surface area contributed by atoms with Crippen molar-refractivity contribution >= 4 is 11.7 Å². The number of carbonyl (C=O) groups is 1. The van der Waals surface area contributed by atoms with Crippen molar-refractivity contribution in [3.63, 3.8) is 0 Å². The summed E-state index contributed by atoms with van der Waals surface area (Å²) in [5.41, 5.74) is 0. The highest BCUT2D eigenvalue weighted by molar-refractivity contribution is 5.84. The number of nitrogens with zero attached hydrogens (tertiary/aromatic N) is 3. The van der Waals surface area contributed by atoms with Crippen molar-refractivity contribution < 1.29 is 9.53 Å². The number of hydrogen-bond acceptors (Lipinski definition) is 5. The molecule has 0 fully saturated rings. The first-order valence-electron chi connectivity index (χ1n) is 6.03. The van der Waals surface area contributed by atoms with Crippen LogP contribution in [0.5, 0.6) is 5.88 Å². The van der Waals surface area contributed by atoms with Crippen LogP contribution >= 0.6 is 0 Å². The zero-order chi connectivity index (χ0) is 13.5. The first-order chi connectivity index (χ1) is 8.62. The fourth-order valence-corrected chi connectivity index (χ4v) is 1.62. The molecule has 0 aromatic carbocycles. The van der Waals surface area contributed by atoms with Gasteiger partial charge in [-0.3, -0.25) is 4.79 Å².